The molecule has 2 aromatic rings. The SMILES string of the molecule is CC[C@@H](c1ccccc1)[C@H]1CCCN1C(=O)c1ccc2c(c1)CCN2C(C)=O. The van der Waals surface area contributed by atoms with Crippen LogP contribution in [0.4, 0.5) is 5.69 Å². The summed E-state index contributed by atoms with van der Waals surface area (Å²) in [5.41, 5.74) is 4.13. The van der Waals surface area contributed by atoms with Crippen LogP contribution in [-0.2, 0) is 11.2 Å². The number of rotatable bonds is 4. The Balaban J connectivity index is 1.58. The fraction of sp³-hybridized carbons (Fsp3) is 0.417. The van der Waals surface area contributed by atoms with Gasteiger partial charge < -0.3 is 9.80 Å². The van der Waals surface area contributed by atoms with Gasteiger partial charge in [0.1, 0.15) is 0 Å². The molecule has 4 nitrogen and oxygen atoms in total. The number of likely N-dealkylation sites (tertiary alicyclic amines) is 1. The molecule has 0 aliphatic carbocycles. The molecule has 2 heterocycles. The van der Waals surface area contributed by atoms with Gasteiger partial charge in [0, 0.05) is 43.2 Å². The summed E-state index contributed by atoms with van der Waals surface area (Å²) in [5.74, 6) is 0.558. The highest BCUT2D eigenvalue weighted by atomic mass is 16.2. The topological polar surface area (TPSA) is 40.6 Å². The maximum absolute atomic E-state index is 13.4. The van der Waals surface area contributed by atoms with E-state index in [1.807, 2.05) is 24.3 Å². The number of carbonyl (C=O) groups is 2. The van der Waals surface area contributed by atoms with Crippen LogP contribution in [0.3, 0.4) is 0 Å². The van der Waals surface area contributed by atoms with E-state index < -0.39 is 0 Å². The first kappa shape index (κ1) is 18.7. The monoisotopic (exact) mass is 376 g/mol. The molecule has 0 unspecified atom stereocenters. The molecule has 1 fully saturated rings. The standard InChI is InChI=1S/C24H28N2O2/c1-3-21(18-8-5-4-6-9-18)23-10-7-14-26(23)24(28)20-11-12-22-19(16-20)13-15-25(22)17(2)27/h4-6,8-9,11-12,16,21,23H,3,7,10,13-15H2,1-2H3/t21-,23+/m0/s1. The van der Waals surface area contributed by atoms with Crippen molar-refractivity contribution in [1.82, 2.24) is 4.90 Å². The molecule has 0 N–H and O–H groups in total. The number of anilines is 1. The van der Waals surface area contributed by atoms with Crippen molar-refractivity contribution in [3.05, 3.63) is 65.2 Å². The van der Waals surface area contributed by atoms with Crippen LogP contribution >= 0.6 is 0 Å². The van der Waals surface area contributed by atoms with Crippen LogP contribution in [0.2, 0.25) is 0 Å². The zero-order valence-corrected chi connectivity index (χ0v) is 16.7. The predicted molar refractivity (Wildman–Crippen MR) is 112 cm³/mol. The summed E-state index contributed by atoms with van der Waals surface area (Å²) < 4.78 is 0. The molecule has 0 aromatic heterocycles. The van der Waals surface area contributed by atoms with Gasteiger partial charge in [0.15, 0.2) is 0 Å². The van der Waals surface area contributed by atoms with Gasteiger partial charge in [-0.2, -0.15) is 0 Å². The minimum atomic E-state index is 0.0612. The second-order valence-corrected chi connectivity index (χ2v) is 7.90. The highest BCUT2D eigenvalue weighted by molar-refractivity contribution is 5.98. The molecule has 2 amide bonds. The van der Waals surface area contributed by atoms with Gasteiger partial charge in [0.25, 0.3) is 5.91 Å². The van der Waals surface area contributed by atoms with Crippen LogP contribution in [0, 0.1) is 0 Å². The molecule has 4 rings (SSSR count). The Kier molecular flexibility index (Phi) is 5.21. The Hall–Kier alpha value is -2.62. The maximum Gasteiger partial charge on any atom is 0.254 e. The third-order valence-electron chi connectivity index (χ3n) is 6.29. The molecule has 4 heteroatoms. The number of nitrogens with zero attached hydrogens (tertiary/aromatic N) is 2. The summed E-state index contributed by atoms with van der Waals surface area (Å²) in [7, 11) is 0. The van der Waals surface area contributed by atoms with Crippen molar-refractivity contribution in [3.8, 4) is 0 Å². The Bertz CT molecular complexity index is 877. The van der Waals surface area contributed by atoms with Crippen molar-refractivity contribution in [2.45, 2.75) is 51.5 Å². The number of benzene rings is 2. The van der Waals surface area contributed by atoms with Crippen molar-refractivity contribution in [1.29, 1.82) is 0 Å². The molecule has 0 spiro atoms. The first-order chi connectivity index (χ1) is 13.6. The Labute approximate surface area is 167 Å². The van der Waals surface area contributed by atoms with Gasteiger partial charge in [0.05, 0.1) is 0 Å². The molecule has 2 atom stereocenters. The maximum atomic E-state index is 13.4. The highest BCUT2D eigenvalue weighted by Gasteiger charge is 2.35. The van der Waals surface area contributed by atoms with Crippen molar-refractivity contribution in [2.75, 3.05) is 18.0 Å². The molecular formula is C24H28N2O2. The smallest absolute Gasteiger partial charge is 0.254 e. The zero-order chi connectivity index (χ0) is 19.7. The summed E-state index contributed by atoms with van der Waals surface area (Å²) in [6.45, 7) is 5.34. The van der Waals surface area contributed by atoms with Crippen LogP contribution in [0.5, 0.6) is 0 Å². The lowest BCUT2D eigenvalue weighted by Crippen LogP contribution is -2.39. The van der Waals surface area contributed by atoms with Crippen LogP contribution in [0.25, 0.3) is 0 Å². The third-order valence-corrected chi connectivity index (χ3v) is 6.29. The molecule has 2 aliphatic heterocycles. The van der Waals surface area contributed by atoms with Gasteiger partial charge in [-0.25, -0.2) is 0 Å². The number of hydrogen-bond donors (Lipinski definition) is 0. The van der Waals surface area contributed by atoms with E-state index in [4.69, 9.17) is 0 Å². The molecule has 0 bridgehead atoms. The number of hydrogen-bond acceptors (Lipinski definition) is 2. The lowest BCUT2D eigenvalue weighted by Gasteiger charge is -2.32. The normalized spacial score (nSPS) is 19.6. The van der Waals surface area contributed by atoms with Crippen LogP contribution in [0.1, 0.15) is 60.5 Å². The van der Waals surface area contributed by atoms with E-state index in [-0.39, 0.29) is 17.9 Å². The van der Waals surface area contributed by atoms with Crippen LogP contribution < -0.4 is 4.90 Å². The minimum absolute atomic E-state index is 0.0612. The number of amides is 2. The fourth-order valence-corrected chi connectivity index (χ4v) is 4.92. The quantitative estimate of drug-likeness (QED) is 0.794. The highest BCUT2D eigenvalue weighted by Crippen LogP contribution is 2.35. The minimum Gasteiger partial charge on any atom is -0.335 e. The van der Waals surface area contributed by atoms with Gasteiger partial charge in [-0.3, -0.25) is 9.59 Å². The summed E-state index contributed by atoms with van der Waals surface area (Å²) in [5, 5.41) is 0. The molecule has 0 saturated carbocycles. The molecule has 2 aromatic carbocycles. The summed E-state index contributed by atoms with van der Waals surface area (Å²) in [6.07, 6.45) is 3.96. The van der Waals surface area contributed by atoms with E-state index in [1.54, 1.807) is 11.8 Å². The van der Waals surface area contributed by atoms with E-state index in [0.717, 1.165) is 49.0 Å². The van der Waals surface area contributed by atoms with Gasteiger partial charge in [-0.15, -0.1) is 0 Å². The summed E-state index contributed by atoms with van der Waals surface area (Å²) in [4.78, 5) is 29.0. The van der Waals surface area contributed by atoms with E-state index in [2.05, 4.69) is 36.1 Å². The molecule has 0 radical (unpaired) electrons. The molecule has 1 saturated heterocycles. The fourth-order valence-electron chi connectivity index (χ4n) is 4.92. The van der Waals surface area contributed by atoms with Gasteiger partial charge in [0.2, 0.25) is 5.91 Å². The number of fused-ring (bicyclic) bond motifs is 1. The summed E-state index contributed by atoms with van der Waals surface area (Å²) >= 11 is 0. The Morgan fingerprint density at radius 2 is 1.89 bits per heavy atom. The molecule has 146 valence electrons. The predicted octanol–water partition coefficient (Wildman–Crippen LogP) is 4.39. The Morgan fingerprint density at radius 1 is 1.11 bits per heavy atom. The van der Waals surface area contributed by atoms with Gasteiger partial charge in [-0.05, 0) is 55.0 Å². The molecule has 2 aliphatic rings. The van der Waals surface area contributed by atoms with Gasteiger partial charge in [-0.1, -0.05) is 37.3 Å². The van der Waals surface area contributed by atoms with Crippen LogP contribution in [0.15, 0.2) is 48.5 Å². The molecular weight excluding hydrogens is 348 g/mol. The largest absolute Gasteiger partial charge is 0.335 e. The Morgan fingerprint density at radius 3 is 2.61 bits per heavy atom. The first-order valence-electron chi connectivity index (χ1n) is 10.4. The number of carbonyl (C=O) groups excluding carboxylic acids is 2. The van der Waals surface area contributed by atoms with Crippen molar-refractivity contribution in [3.63, 3.8) is 0 Å². The molecule has 28 heavy (non-hydrogen) atoms. The van der Waals surface area contributed by atoms with Crippen molar-refractivity contribution in [2.24, 2.45) is 0 Å². The second-order valence-electron chi connectivity index (χ2n) is 7.90. The van der Waals surface area contributed by atoms with E-state index in [9.17, 15) is 9.59 Å². The lowest BCUT2D eigenvalue weighted by atomic mass is 9.87. The second kappa shape index (κ2) is 7.78. The van der Waals surface area contributed by atoms with E-state index >= 15 is 0 Å². The van der Waals surface area contributed by atoms with Gasteiger partial charge >= 0.3 is 0 Å². The average Bonchev–Trinajstić information content (AvgIpc) is 3.35. The summed E-state index contributed by atoms with van der Waals surface area (Å²) in [6, 6.07) is 16.7. The first-order valence-corrected chi connectivity index (χ1v) is 10.4. The van der Waals surface area contributed by atoms with Crippen LogP contribution in [-0.4, -0.2) is 35.8 Å². The third kappa shape index (κ3) is 3.32. The van der Waals surface area contributed by atoms with Crippen molar-refractivity contribution >= 4 is 17.5 Å². The van der Waals surface area contributed by atoms with E-state index in [1.165, 1.54) is 5.56 Å². The average molecular weight is 377 g/mol. The lowest BCUT2D eigenvalue weighted by molar-refractivity contribution is -0.116. The van der Waals surface area contributed by atoms with E-state index in [0.29, 0.717) is 12.5 Å². The van der Waals surface area contributed by atoms with Crippen molar-refractivity contribution < 1.29 is 9.59 Å². The zero-order valence-electron chi connectivity index (χ0n) is 16.7.